The fourth-order valence-corrected chi connectivity index (χ4v) is 3.33. The van der Waals surface area contributed by atoms with Crippen molar-refractivity contribution in [2.24, 2.45) is 0 Å². The van der Waals surface area contributed by atoms with Crippen molar-refractivity contribution in [1.29, 1.82) is 0 Å². The van der Waals surface area contributed by atoms with Gasteiger partial charge in [-0.3, -0.25) is 9.59 Å². The number of aliphatic hydroxyl groups is 4. The van der Waals surface area contributed by atoms with E-state index in [1.807, 2.05) is 0 Å². The second kappa shape index (κ2) is 9.82. The minimum Gasteiger partial charge on any atom is -0.479 e. The molecule has 2 rings (SSSR count). The maximum Gasteiger partial charge on any atom is 0.335 e. The Morgan fingerprint density at radius 2 is 1.26 bits per heavy atom. The van der Waals surface area contributed by atoms with Gasteiger partial charge in [-0.05, 0) is 0 Å². The summed E-state index contributed by atoms with van der Waals surface area (Å²) in [4.78, 5) is 45.7. The Hall–Kier alpha value is -2.40. The summed E-state index contributed by atoms with van der Waals surface area (Å²) in [6.07, 6.45) is -15.5. The second-order valence-corrected chi connectivity index (χ2v) is 7.07. The summed E-state index contributed by atoms with van der Waals surface area (Å²) in [5.74, 6) is -4.81. The third kappa shape index (κ3) is 5.45. The van der Waals surface area contributed by atoms with Gasteiger partial charge in [0.15, 0.2) is 24.8 Å². The van der Waals surface area contributed by atoms with E-state index in [0.717, 1.165) is 13.8 Å². The van der Waals surface area contributed by atoms with Gasteiger partial charge in [0, 0.05) is 13.8 Å². The van der Waals surface area contributed by atoms with E-state index in [-0.39, 0.29) is 0 Å². The van der Waals surface area contributed by atoms with Crippen molar-refractivity contribution in [2.45, 2.75) is 75.1 Å². The molecular formula is C16H24N2O13. The Kier molecular flexibility index (Phi) is 7.87. The zero-order valence-electron chi connectivity index (χ0n) is 16.3. The van der Waals surface area contributed by atoms with E-state index < -0.39 is 85.0 Å². The average molecular weight is 452 g/mol. The molecule has 10 atom stereocenters. The molecule has 31 heavy (non-hydrogen) atoms. The third-order valence-electron chi connectivity index (χ3n) is 4.72. The number of hydrogen-bond donors (Lipinski definition) is 8. The number of rotatable bonds is 6. The van der Waals surface area contributed by atoms with Crippen LogP contribution in [0.3, 0.4) is 0 Å². The molecule has 0 unspecified atom stereocenters. The molecule has 0 aliphatic carbocycles. The van der Waals surface area contributed by atoms with E-state index in [9.17, 15) is 49.8 Å². The van der Waals surface area contributed by atoms with Crippen LogP contribution in [-0.2, 0) is 33.4 Å². The molecular weight excluding hydrogens is 428 g/mol. The Labute approximate surface area is 174 Å². The standard InChI is InChI=1S/C16H24N2O13/c1-3(19)17-5-8(22)10(12(14(26)27)29-15(5)28)30-16-6(18-4(2)20)7(21)9(23)11(31-16)13(24)25/h5-12,15-16,21-23,28H,1-2H3,(H,17,19)(H,18,20)(H,24,25)(H,26,27)/t5-,6-,7-,8-,9+,10+,11+,12+,15-,16-/m1/s1. The Bertz CT molecular complexity index is 718. The summed E-state index contributed by atoms with van der Waals surface area (Å²) in [6, 6.07) is -3.11. The second-order valence-electron chi connectivity index (χ2n) is 7.07. The monoisotopic (exact) mass is 452 g/mol. The van der Waals surface area contributed by atoms with E-state index in [4.69, 9.17) is 14.2 Å². The Balaban J connectivity index is 2.37. The van der Waals surface area contributed by atoms with Crippen LogP contribution in [0.15, 0.2) is 0 Å². The number of amides is 2. The predicted octanol–water partition coefficient (Wildman–Crippen LogP) is -4.92. The summed E-state index contributed by atoms with van der Waals surface area (Å²) in [6.45, 7) is 2.10. The number of carbonyl (C=O) groups is 4. The molecule has 0 radical (unpaired) electrons. The van der Waals surface area contributed by atoms with Gasteiger partial charge in [-0.25, -0.2) is 9.59 Å². The fraction of sp³-hybridized carbons (Fsp3) is 0.750. The molecule has 2 saturated heterocycles. The summed E-state index contributed by atoms with van der Waals surface area (Å²) >= 11 is 0. The van der Waals surface area contributed by atoms with Crippen molar-refractivity contribution < 1.29 is 64.0 Å². The highest BCUT2D eigenvalue weighted by molar-refractivity contribution is 5.75. The minimum absolute atomic E-state index is 0.700. The molecule has 8 N–H and O–H groups in total. The van der Waals surface area contributed by atoms with Crippen LogP contribution >= 0.6 is 0 Å². The molecule has 0 aromatic rings. The smallest absolute Gasteiger partial charge is 0.335 e. The molecule has 0 aromatic carbocycles. The van der Waals surface area contributed by atoms with Gasteiger partial charge in [-0.1, -0.05) is 0 Å². The zero-order valence-corrected chi connectivity index (χ0v) is 16.3. The van der Waals surface area contributed by atoms with Crippen LogP contribution in [0.5, 0.6) is 0 Å². The number of ether oxygens (including phenoxy) is 3. The number of carboxylic acid groups (broad SMARTS) is 2. The molecule has 0 spiro atoms. The summed E-state index contributed by atoms with van der Waals surface area (Å²) in [5, 5.41) is 63.7. The first-order valence-corrected chi connectivity index (χ1v) is 9.03. The lowest BCUT2D eigenvalue weighted by Crippen LogP contribution is -2.69. The summed E-state index contributed by atoms with van der Waals surface area (Å²) in [7, 11) is 0. The topological polar surface area (TPSA) is 241 Å². The molecule has 15 heteroatoms. The lowest BCUT2D eigenvalue weighted by molar-refractivity contribution is -0.318. The van der Waals surface area contributed by atoms with Crippen molar-refractivity contribution in [3.63, 3.8) is 0 Å². The lowest BCUT2D eigenvalue weighted by atomic mass is 9.94. The van der Waals surface area contributed by atoms with Crippen molar-refractivity contribution in [3.8, 4) is 0 Å². The van der Waals surface area contributed by atoms with E-state index in [1.165, 1.54) is 0 Å². The van der Waals surface area contributed by atoms with E-state index >= 15 is 0 Å². The fourth-order valence-electron chi connectivity index (χ4n) is 3.33. The largest absolute Gasteiger partial charge is 0.479 e. The van der Waals surface area contributed by atoms with Crippen LogP contribution < -0.4 is 10.6 Å². The Morgan fingerprint density at radius 3 is 1.74 bits per heavy atom. The average Bonchev–Trinajstić information content (AvgIpc) is 2.65. The SMILES string of the molecule is CC(=O)N[C@@H]1[C@@H](O)[C@H](O[C@@H]2O[C@H](C(=O)O)[C@@H](O)[C@H](O)[C@H]2NC(C)=O)[C@@H](C(=O)O)O[C@H]1O. The maximum atomic E-state index is 11.6. The maximum absolute atomic E-state index is 11.6. The molecule has 0 aromatic heterocycles. The number of aliphatic hydroxyl groups excluding tert-OH is 4. The van der Waals surface area contributed by atoms with Gasteiger partial charge in [0.25, 0.3) is 0 Å². The van der Waals surface area contributed by atoms with Crippen LogP contribution in [0.1, 0.15) is 13.8 Å². The molecule has 2 amide bonds. The lowest BCUT2D eigenvalue weighted by Gasteiger charge is -2.46. The van der Waals surface area contributed by atoms with Gasteiger partial charge >= 0.3 is 11.9 Å². The highest BCUT2D eigenvalue weighted by atomic mass is 16.7. The van der Waals surface area contributed by atoms with Gasteiger partial charge in [-0.15, -0.1) is 0 Å². The predicted molar refractivity (Wildman–Crippen MR) is 92.9 cm³/mol. The zero-order chi connectivity index (χ0) is 23.6. The van der Waals surface area contributed by atoms with E-state index in [1.54, 1.807) is 0 Å². The van der Waals surface area contributed by atoms with Crippen LogP contribution in [0.25, 0.3) is 0 Å². The first-order valence-electron chi connectivity index (χ1n) is 9.03. The summed E-state index contributed by atoms with van der Waals surface area (Å²) < 4.78 is 15.4. The number of carbonyl (C=O) groups excluding carboxylic acids is 2. The highest BCUT2D eigenvalue weighted by Crippen LogP contribution is 2.29. The highest BCUT2D eigenvalue weighted by Gasteiger charge is 2.54. The van der Waals surface area contributed by atoms with Crippen molar-refractivity contribution in [1.82, 2.24) is 10.6 Å². The number of aliphatic carboxylic acids is 2. The first kappa shape index (κ1) is 24.9. The van der Waals surface area contributed by atoms with Crippen molar-refractivity contribution in [2.75, 3.05) is 0 Å². The molecule has 2 fully saturated rings. The van der Waals surface area contributed by atoms with Crippen molar-refractivity contribution >= 4 is 23.8 Å². The van der Waals surface area contributed by atoms with E-state index in [0.29, 0.717) is 0 Å². The van der Waals surface area contributed by atoms with Crippen LogP contribution in [0.4, 0.5) is 0 Å². The molecule has 15 nitrogen and oxygen atoms in total. The van der Waals surface area contributed by atoms with Gasteiger partial charge < -0.3 is 55.5 Å². The quantitative estimate of drug-likeness (QED) is 0.189. The van der Waals surface area contributed by atoms with Gasteiger partial charge in [0.05, 0.1) is 0 Å². The Morgan fingerprint density at radius 1 is 0.742 bits per heavy atom. The third-order valence-corrected chi connectivity index (χ3v) is 4.72. The molecule has 176 valence electrons. The number of nitrogens with one attached hydrogen (secondary N) is 2. The number of hydrogen-bond acceptors (Lipinski definition) is 11. The minimum atomic E-state index is -2.02. The van der Waals surface area contributed by atoms with Gasteiger partial charge in [0.2, 0.25) is 11.8 Å². The van der Waals surface area contributed by atoms with Crippen LogP contribution in [0, 0.1) is 0 Å². The van der Waals surface area contributed by atoms with Crippen LogP contribution in [0.2, 0.25) is 0 Å². The molecule has 2 heterocycles. The molecule has 2 aliphatic rings. The molecule has 0 saturated carbocycles. The molecule has 0 bridgehead atoms. The number of carboxylic acids is 2. The normalized spacial score (nSPS) is 40.6. The van der Waals surface area contributed by atoms with Crippen molar-refractivity contribution in [3.05, 3.63) is 0 Å². The van der Waals surface area contributed by atoms with E-state index in [2.05, 4.69) is 10.6 Å². The summed E-state index contributed by atoms with van der Waals surface area (Å²) in [5.41, 5.74) is 0. The van der Waals surface area contributed by atoms with Crippen LogP contribution in [-0.4, -0.2) is 116 Å². The van der Waals surface area contributed by atoms with Gasteiger partial charge in [-0.2, -0.15) is 0 Å². The first-order chi connectivity index (χ1) is 14.3. The molecule has 2 aliphatic heterocycles. The van der Waals surface area contributed by atoms with Gasteiger partial charge in [0.1, 0.15) is 36.5 Å².